The molecule has 0 amide bonds. The van der Waals surface area contributed by atoms with Gasteiger partial charge in [-0.15, -0.1) is 0 Å². The molecule has 0 saturated heterocycles. The largest absolute Gasteiger partial charge is 0.467 e. The minimum atomic E-state index is -0.535. The van der Waals surface area contributed by atoms with Crippen LogP contribution < -0.4 is 10.6 Å². The normalized spacial score (nSPS) is 10.5. The lowest BCUT2D eigenvalue weighted by atomic mass is 10.2. The summed E-state index contributed by atoms with van der Waals surface area (Å²) in [4.78, 5) is 19.0. The molecule has 128 valence electrons. The van der Waals surface area contributed by atoms with Crippen molar-refractivity contribution in [1.82, 2.24) is 9.97 Å². The average Bonchev–Trinajstić information content (AvgIpc) is 3.09. The van der Waals surface area contributed by atoms with E-state index in [1.165, 1.54) is 12.6 Å². The molecule has 25 heavy (non-hydrogen) atoms. The van der Waals surface area contributed by atoms with Crippen molar-refractivity contribution in [3.05, 3.63) is 69.4 Å². The number of nitrogens with one attached hydrogen (secondary N) is 2. The molecule has 0 saturated carbocycles. The first-order valence-corrected chi connectivity index (χ1v) is 7.71. The van der Waals surface area contributed by atoms with E-state index in [1.807, 2.05) is 13.0 Å². The van der Waals surface area contributed by atoms with E-state index in [9.17, 15) is 10.1 Å². The summed E-state index contributed by atoms with van der Waals surface area (Å²) in [6, 6.07) is 8.73. The summed E-state index contributed by atoms with van der Waals surface area (Å²) in [6.45, 7) is 2.13. The molecule has 0 spiro atoms. The van der Waals surface area contributed by atoms with E-state index in [-0.39, 0.29) is 23.9 Å². The van der Waals surface area contributed by atoms with Crippen LogP contribution in [-0.2, 0) is 6.54 Å². The summed E-state index contributed by atoms with van der Waals surface area (Å²) >= 11 is 5.99. The number of hydrogen-bond donors (Lipinski definition) is 2. The topological polar surface area (TPSA) is 106 Å². The smallest absolute Gasteiger partial charge is 0.353 e. The highest BCUT2D eigenvalue weighted by Gasteiger charge is 2.23. The molecule has 0 fully saturated rings. The van der Waals surface area contributed by atoms with E-state index >= 15 is 0 Å². The maximum absolute atomic E-state index is 11.5. The Morgan fingerprint density at radius 1 is 1.28 bits per heavy atom. The highest BCUT2D eigenvalue weighted by Crippen LogP contribution is 2.33. The Labute approximate surface area is 148 Å². The zero-order valence-electron chi connectivity index (χ0n) is 13.2. The molecule has 0 unspecified atom stereocenters. The SMILES string of the molecule is Cc1ccc(Cl)cc1Nc1ncnc(NCc2ccco2)c1[N+](=O)[O-]. The average molecular weight is 360 g/mol. The minimum Gasteiger partial charge on any atom is -0.467 e. The molecule has 1 aromatic carbocycles. The van der Waals surface area contributed by atoms with Crippen LogP contribution >= 0.6 is 11.6 Å². The first-order valence-electron chi connectivity index (χ1n) is 7.33. The molecule has 0 aliphatic carbocycles. The second kappa shape index (κ2) is 7.18. The third-order valence-electron chi connectivity index (χ3n) is 3.47. The number of hydrogen-bond acceptors (Lipinski definition) is 7. The van der Waals surface area contributed by atoms with Crippen LogP contribution in [0.2, 0.25) is 5.02 Å². The van der Waals surface area contributed by atoms with Gasteiger partial charge in [-0.05, 0) is 36.8 Å². The van der Waals surface area contributed by atoms with Gasteiger partial charge in [-0.1, -0.05) is 17.7 Å². The highest BCUT2D eigenvalue weighted by molar-refractivity contribution is 6.30. The van der Waals surface area contributed by atoms with E-state index in [0.717, 1.165) is 5.56 Å². The third-order valence-corrected chi connectivity index (χ3v) is 3.70. The molecule has 9 heteroatoms. The summed E-state index contributed by atoms with van der Waals surface area (Å²) < 4.78 is 5.20. The summed E-state index contributed by atoms with van der Waals surface area (Å²) in [5.74, 6) is 0.805. The summed E-state index contributed by atoms with van der Waals surface area (Å²) in [7, 11) is 0. The second-order valence-electron chi connectivity index (χ2n) is 5.19. The summed E-state index contributed by atoms with van der Waals surface area (Å²) in [6.07, 6.45) is 2.78. The molecule has 2 aromatic heterocycles. The van der Waals surface area contributed by atoms with Gasteiger partial charge in [0.15, 0.2) is 0 Å². The van der Waals surface area contributed by atoms with Gasteiger partial charge < -0.3 is 15.1 Å². The Balaban J connectivity index is 1.92. The van der Waals surface area contributed by atoms with Gasteiger partial charge in [-0.25, -0.2) is 9.97 Å². The first kappa shape index (κ1) is 16.7. The van der Waals surface area contributed by atoms with Gasteiger partial charge in [0.1, 0.15) is 12.1 Å². The van der Waals surface area contributed by atoms with Gasteiger partial charge in [0, 0.05) is 10.7 Å². The van der Waals surface area contributed by atoms with Crippen LogP contribution in [-0.4, -0.2) is 14.9 Å². The zero-order chi connectivity index (χ0) is 17.8. The lowest BCUT2D eigenvalue weighted by molar-refractivity contribution is -0.383. The van der Waals surface area contributed by atoms with E-state index in [4.69, 9.17) is 16.0 Å². The van der Waals surface area contributed by atoms with Crippen LogP contribution in [0, 0.1) is 17.0 Å². The fourth-order valence-corrected chi connectivity index (χ4v) is 2.39. The number of halogens is 1. The fourth-order valence-electron chi connectivity index (χ4n) is 2.21. The van der Waals surface area contributed by atoms with Crippen LogP contribution in [0.4, 0.5) is 23.0 Å². The molecule has 3 rings (SSSR count). The zero-order valence-corrected chi connectivity index (χ0v) is 13.9. The van der Waals surface area contributed by atoms with E-state index in [1.54, 1.807) is 24.3 Å². The Morgan fingerprint density at radius 2 is 2.08 bits per heavy atom. The molecule has 0 bridgehead atoms. The molecule has 3 aromatic rings. The van der Waals surface area contributed by atoms with E-state index in [2.05, 4.69) is 20.6 Å². The van der Waals surface area contributed by atoms with Gasteiger partial charge in [-0.3, -0.25) is 10.1 Å². The number of rotatable bonds is 6. The fraction of sp³-hybridized carbons (Fsp3) is 0.125. The molecule has 0 atom stereocenters. The predicted octanol–water partition coefficient (Wildman–Crippen LogP) is 4.30. The lowest BCUT2D eigenvalue weighted by Crippen LogP contribution is -2.08. The molecule has 8 nitrogen and oxygen atoms in total. The molecular formula is C16H14ClN5O3. The number of nitro groups is 1. The number of aromatic nitrogens is 2. The number of benzene rings is 1. The van der Waals surface area contributed by atoms with Crippen molar-refractivity contribution in [2.75, 3.05) is 10.6 Å². The van der Waals surface area contributed by atoms with Crippen molar-refractivity contribution >= 4 is 34.6 Å². The van der Waals surface area contributed by atoms with Crippen molar-refractivity contribution in [1.29, 1.82) is 0 Å². The van der Waals surface area contributed by atoms with E-state index in [0.29, 0.717) is 16.5 Å². The van der Waals surface area contributed by atoms with Crippen molar-refractivity contribution in [2.45, 2.75) is 13.5 Å². The lowest BCUT2D eigenvalue weighted by Gasteiger charge is -2.11. The Morgan fingerprint density at radius 3 is 2.80 bits per heavy atom. The molecule has 0 aliphatic heterocycles. The van der Waals surface area contributed by atoms with Crippen molar-refractivity contribution in [3.63, 3.8) is 0 Å². The van der Waals surface area contributed by atoms with Crippen molar-refractivity contribution in [2.24, 2.45) is 0 Å². The standard InChI is InChI=1S/C16H14ClN5O3/c1-10-4-5-11(17)7-13(10)21-16-14(22(23)24)15(19-9-20-16)18-8-12-3-2-6-25-12/h2-7,9H,8H2,1H3,(H2,18,19,20,21). The van der Waals surface area contributed by atoms with Crippen molar-refractivity contribution < 1.29 is 9.34 Å². The Hall–Kier alpha value is -3.13. The van der Waals surface area contributed by atoms with Gasteiger partial charge in [-0.2, -0.15) is 0 Å². The van der Waals surface area contributed by atoms with Crippen LogP contribution in [0.25, 0.3) is 0 Å². The van der Waals surface area contributed by atoms with Gasteiger partial charge in [0.2, 0.25) is 11.6 Å². The molecular weight excluding hydrogens is 346 g/mol. The van der Waals surface area contributed by atoms with Crippen LogP contribution in [0.1, 0.15) is 11.3 Å². The van der Waals surface area contributed by atoms with Crippen LogP contribution in [0.15, 0.2) is 47.3 Å². The van der Waals surface area contributed by atoms with Gasteiger partial charge >= 0.3 is 5.69 Å². The highest BCUT2D eigenvalue weighted by atomic mass is 35.5. The summed E-state index contributed by atoms with van der Waals surface area (Å²) in [5.41, 5.74) is 1.25. The monoisotopic (exact) mass is 359 g/mol. The minimum absolute atomic E-state index is 0.0762. The quantitative estimate of drug-likeness (QED) is 0.499. The van der Waals surface area contributed by atoms with Crippen LogP contribution in [0.5, 0.6) is 0 Å². The maximum atomic E-state index is 11.5. The first-order chi connectivity index (χ1) is 12.0. The van der Waals surface area contributed by atoms with Crippen LogP contribution in [0.3, 0.4) is 0 Å². The number of furan rings is 1. The second-order valence-corrected chi connectivity index (χ2v) is 5.63. The van der Waals surface area contributed by atoms with Crippen molar-refractivity contribution in [3.8, 4) is 0 Å². The third kappa shape index (κ3) is 3.86. The van der Waals surface area contributed by atoms with E-state index < -0.39 is 4.92 Å². The molecule has 0 aliphatic rings. The maximum Gasteiger partial charge on any atom is 0.353 e. The molecule has 2 N–H and O–H groups in total. The van der Waals surface area contributed by atoms with Gasteiger partial charge in [0.05, 0.1) is 17.7 Å². The number of anilines is 3. The Bertz CT molecular complexity index is 899. The number of nitrogens with zero attached hydrogens (tertiary/aromatic N) is 3. The summed E-state index contributed by atoms with van der Waals surface area (Å²) in [5, 5.41) is 17.9. The molecule has 2 heterocycles. The van der Waals surface area contributed by atoms with Gasteiger partial charge in [0.25, 0.3) is 0 Å². The molecule has 0 radical (unpaired) electrons. The predicted molar refractivity (Wildman–Crippen MR) is 94.2 cm³/mol. The Kier molecular flexibility index (Phi) is 4.80. The number of aryl methyl sites for hydroxylation is 1.